The van der Waals surface area contributed by atoms with E-state index in [2.05, 4.69) is 0 Å². The van der Waals surface area contributed by atoms with Crippen LogP contribution in [0.15, 0.2) is 34.8 Å². The van der Waals surface area contributed by atoms with Crippen LogP contribution in [0.4, 0.5) is 0 Å². The molecule has 0 amide bonds. The number of fused-ring (bicyclic) bond motifs is 1. The molecule has 72 valence electrons. The first-order chi connectivity index (χ1) is 6.76. The van der Waals surface area contributed by atoms with Crippen LogP contribution in [-0.4, -0.2) is 25.8 Å². The highest BCUT2D eigenvalue weighted by atomic mass is 16.5. The number of aldehydes is 1. The molecule has 0 atom stereocenters. The van der Waals surface area contributed by atoms with Crippen molar-refractivity contribution in [2.45, 2.75) is 0 Å². The van der Waals surface area contributed by atoms with Crippen LogP contribution < -0.4 is 0 Å². The Bertz CT molecular complexity index is 398. The fraction of sp³-hybridized carbons (Fsp3) is 0.200. The Labute approximate surface area is 80.5 Å². The number of methoxy groups -OCH3 is 1. The zero-order chi connectivity index (χ0) is 10.1. The van der Waals surface area contributed by atoms with Gasteiger partial charge in [-0.15, -0.1) is 0 Å². The fourth-order valence-corrected chi connectivity index (χ4v) is 1.43. The molecule has 0 radical (unpaired) electrons. The number of ether oxygens (including phenoxy) is 2. The SMILES string of the molecule is COC1=CC(=O)C2=C(C=O)COC2=C1. The van der Waals surface area contributed by atoms with Gasteiger partial charge in [0, 0.05) is 17.7 Å². The van der Waals surface area contributed by atoms with Gasteiger partial charge in [0.1, 0.15) is 24.4 Å². The smallest absolute Gasteiger partial charge is 0.193 e. The maximum absolute atomic E-state index is 11.5. The highest BCUT2D eigenvalue weighted by Crippen LogP contribution is 2.29. The van der Waals surface area contributed by atoms with Crippen molar-refractivity contribution >= 4 is 12.1 Å². The molecule has 0 unspecified atom stereocenters. The van der Waals surface area contributed by atoms with Crippen LogP contribution in [0, 0.1) is 0 Å². The molecule has 0 saturated carbocycles. The van der Waals surface area contributed by atoms with Gasteiger partial charge >= 0.3 is 0 Å². The summed E-state index contributed by atoms with van der Waals surface area (Å²) < 4.78 is 10.1. The van der Waals surface area contributed by atoms with E-state index in [0.29, 0.717) is 29.0 Å². The predicted molar refractivity (Wildman–Crippen MR) is 47.2 cm³/mol. The minimum atomic E-state index is -0.237. The number of carbonyl (C=O) groups excluding carboxylic acids is 2. The van der Waals surface area contributed by atoms with Gasteiger partial charge in [-0.2, -0.15) is 0 Å². The fourth-order valence-electron chi connectivity index (χ4n) is 1.43. The molecule has 0 aromatic heterocycles. The molecule has 1 aliphatic heterocycles. The third-order valence-corrected chi connectivity index (χ3v) is 2.12. The van der Waals surface area contributed by atoms with Crippen molar-refractivity contribution < 1.29 is 19.1 Å². The second-order valence-electron chi connectivity index (χ2n) is 2.93. The predicted octanol–water partition coefficient (Wildman–Crippen LogP) is 0.509. The number of hydrogen-bond donors (Lipinski definition) is 0. The van der Waals surface area contributed by atoms with E-state index in [1.165, 1.54) is 13.2 Å². The molecule has 0 aromatic carbocycles. The number of allylic oxidation sites excluding steroid dienone is 3. The van der Waals surface area contributed by atoms with Gasteiger partial charge in [0.25, 0.3) is 0 Å². The molecule has 2 aliphatic rings. The van der Waals surface area contributed by atoms with E-state index < -0.39 is 0 Å². The van der Waals surface area contributed by atoms with E-state index in [4.69, 9.17) is 9.47 Å². The lowest BCUT2D eigenvalue weighted by molar-refractivity contribution is -0.112. The highest BCUT2D eigenvalue weighted by molar-refractivity contribution is 6.12. The Morgan fingerprint density at radius 1 is 1.50 bits per heavy atom. The Kier molecular flexibility index (Phi) is 1.96. The lowest BCUT2D eigenvalue weighted by Crippen LogP contribution is -2.08. The average Bonchev–Trinajstić information content (AvgIpc) is 2.61. The van der Waals surface area contributed by atoms with E-state index >= 15 is 0 Å². The third kappa shape index (κ3) is 1.16. The normalized spacial score (nSPS) is 19.6. The summed E-state index contributed by atoms with van der Waals surface area (Å²) in [5, 5.41) is 0. The quantitative estimate of drug-likeness (QED) is 0.598. The first-order valence-electron chi connectivity index (χ1n) is 4.09. The van der Waals surface area contributed by atoms with Gasteiger partial charge in [0.2, 0.25) is 0 Å². The van der Waals surface area contributed by atoms with Crippen molar-refractivity contribution in [2.75, 3.05) is 13.7 Å². The number of carbonyl (C=O) groups is 2. The Morgan fingerprint density at radius 2 is 2.29 bits per heavy atom. The summed E-state index contributed by atoms with van der Waals surface area (Å²) in [5.41, 5.74) is 0.758. The molecule has 1 heterocycles. The van der Waals surface area contributed by atoms with Crippen LogP contribution in [0.2, 0.25) is 0 Å². The van der Waals surface area contributed by atoms with Gasteiger partial charge in [-0.05, 0) is 0 Å². The van der Waals surface area contributed by atoms with Crippen molar-refractivity contribution in [2.24, 2.45) is 0 Å². The summed E-state index contributed by atoms with van der Waals surface area (Å²) in [7, 11) is 1.47. The summed E-state index contributed by atoms with van der Waals surface area (Å²) in [5.74, 6) is 0.635. The van der Waals surface area contributed by atoms with E-state index in [0.717, 1.165) is 0 Å². The molecule has 0 spiro atoms. The van der Waals surface area contributed by atoms with Crippen LogP contribution in [0.5, 0.6) is 0 Å². The highest BCUT2D eigenvalue weighted by Gasteiger charge is 2.29. The zero-order valence-corrected chi connectivity index (χ0v) is 7.57. The molecule has 4 nitrogen and oxygen atoms in total. The van der Waals surface area contributed by atoms with Crippen molar-refractivity contribution in [1.82, 2.24) is 0 Å². The molecule has 14 heavy (non-hydrogen) atoms. The largest absolute Gasteiger partial charge is 0.496 e. The lowest BCUT2D eigenvalue weighted by atomic mass is 10.0. The summed E-state index contributed by atoms with van der Waals surface area (Å²) >= 11 is 0. The second-order valence-corrected chi connectivity index (χ2v) is 2.93. The van der Waals surface area contributed by atoms with Gasteiger partial charge in [-0.3, -0.25) is 9.59 Å². The Balaban J connectivity index is 2.48. The summed E-state index contributed by atoms with van der Waals surface area (Å²) in [6.45, 7) is 0.168. The molecular formula is C10H8O4. The third-order valence-electron chi connectivity index (χ3n) is 2.12. The number of ketones is 1. The first kappa shape index (κ1) is 8.74. The van der Waals surface area contributed by atoms with E-state index in [9.17, 15) is 9.59 Å². The molecule has 0 N–H and O–H groups in total. The maximum atomic E-state index is 11.5. The van der Waals surface area contributed by atoms with E-state index in [1.54, 1.807) is 6.08 Å². The molecule has 0 aromatic rings. The summed E-state index contributed by atoms with van der Waals surface area (Å²) in [4.78, 5) is 22.1. The van der Waals surface area contributed by atoms with Crippen LogP contribution in [-0.2, 0) is 19.1 Å². The number of hydrogen-bond acceptors (Lipinski definition) is 4. The minimum Gasteiger partial charge on any atom is -0.496 e. The Hall–Kier alpha value is -1.84. The topological polar surface area (TPSA) is 52.6 Å². The van der Waals surface area contributed by atoms with Crippen LogP contribution in [0.25, 0.3) is 0 Å². The summed E-state index contributed by atoms with van der Waals surface area (Å²) in [6.07, 6.45) is 3.60. The molecule has 0 fully saturated rings. The van der Waals surface area contributed by atoms with Crippen molar-refractivity contribution in [3.05, 3.63) is 34.8 Å². The van der Waals surface area contributed by atoms with Crippen molar-refractivity contribution in [3.8, 4) is 0 Å². The Morgan fingerprint density at radius 3 is 2.93 bits per heavy atom. The standard InChI is InChI=1S/C10H8O4/c1-13-7-2-8(12)10-6(4-11)5-14-9(10)3-7/h2-4H,5H2,1H3. The van der Waals surface area contributed by atoms with Gasteiger partial charge in [-0.25, -0.2) is 0 Å². The average molecular weight is 192 g/mol. The van der Waals surface area contributed by atoms with Gasteiger partial charge in [0.05, 0.1) is 12.7 Å². The lowest BCUT2D eigenvalue weighted by Gasteiger charge is -2.09. The second kappa shape index (κ2) is 3.14. The number of rotatable bonds is 2. The maximum Gasteiger partial charge on any atom is 0.193 e. The molecule has 1 aliphatic carbocycles. The van der Waals surface area contributed by atoms with Gasteiger partial charge in [-0.1, -0.05) is 0 Å². The van der Waals surface area contributed by atoms with Crippen LogP contribution >= 0.6 is 0 Å². The summed E-state index contributed by atoms with van der Waals surface area (Å²) in [6, 6.07) is 0. The van der Waals surface area contributed by atoms with E-state index in [-0.39, 0.29) is 12.4 Å². The molecular weight excluding hydrogens is 184 g/mol. The molecule has 0 saturated heterocycles. The van der Waals surface area contributed by atoms with E-state index in [1.807, 2.05) is 0 Å². The van der Waals surface area contributed by atoms with Crippen LogP contribution in [0.1, 0.15) is 0 Å². The molecule has 4 heteroatoms. The van der Waals surface area contributed by atoms with Gasteiger partial charge < -0.3 is 9.47 Å². The first-order valence-corrected chi connectivity index (χ1v) is 4.09. The molecule has 2 rings (SSSR count). The molecule has 0 bridgehead atoms. The zero-order valence-electron chi connectivity index (χ0n) is 7.57. The van der Waals surface area contributed by atoms with Crippen molar-refractivity contribution in [1.29, 1.82) is 0 Å². The monoisotopic (exact) mass is 192 g/mol. The van der Waals surface area contributed by atoms with Crippen LogP contribution in [0.3, 0.4) is 0 Å². The minimum absolute atomic E-state index is 0.168. The van der Waals surface area contributed by atoms with Gasteiger partial charge in [0.15, 0.2) is 5.78 Å². The van der Waals surface area contributed by atoms with Crippen molar-refractivity contribution in [3.63, 3.8) is 0 Å².